The highest BCUT2D eigenvalue weighted by Crippen LogP contribution is 2.27. The largest absolute Gasteiger partial charge is 0.355 e. The van der Waals surface area contributed by atoms with E-state index >= 15 is 0 Å². The van der Waals surface area contributed by atoms with Gasteiger partial charge in [0.25, 0.3) is 0 Å². The molecule has 0 aliphatic rings. The molecular formula is C15H23NOS. The Labute approximate surface area is 115 Å². The van der Waals surface area contributed by atoms with Gasteiger partial charge in [0, 0.05) is 11.4 Å². The van der Waals surface area contributed by atoms with Crippen molar-refractivity contribution in [2.45, 2.75) is 44.8 Å². The van der Waals surface area contributed by atoms with E-state index in [2.05, 4.69) is 51.2 Å². The van der Waals surface area contributed by atoms with Gasteiger partial charge in [0.1, 0.15) is 0 Å². The summed E-state index contributed by atoms with van der Waals surface area (Å²) in [6, 6.07) is 6.34. The zero-order valence-electron chi connectivity index (χ0n) is 11.9. The third-order valence-corrected chi connectivity index (χ3v) is 3.97. The zero-order valence-corrected chi connectivity index (χ0v) is 12.7. The van der Waals surface area contributed by atoms with Crippen LogP contribution in [0.2, 0.25) is 0 Å². The van der Waals surface area contributed by atoms with E-state index in [0.29, 0.717) is 5.92 Å². The summed E-state index contributed by atoms with van der Waals surface area (Å²) < 4.78 is 0. The molecule has 0 aliphatic heterocycles. The van der Waals surface area contributed by atoms with Crippen molar-refractivity contribution in [1.82, 2.24) is 5.32 Å². The van der Waals surface area contributed by atoms with Gasteiger partial charge >= 0.3 is 0 Å². The molecule has 1 N–H and O–H groups in total. The van der Waals surface area contributed by atoms with Gasteiger partial charge in [-0.25, -0.2) is 0 Å². The van der Waals surface area contributed by atoms with Crippen molar-refractivity contribution >= 4 is 17.7 Å². The minimum absolute atomic E-state index is 0.0508. The number of thioether (sulfide) groups is 1. The van der Waals surface area contributed by atoms with Crippen LogP contribution in [-0.4, -0.2) is 17.7 Å². The molecule has 0 fully saturated rings. The van der Waals surface area contributed by atoms with Crippen LogP contribution >= 0.6 is 11.8 Å². The molecule has 0 bridgehead atoms. The fraction of sp³-hybridized carbons (Fsp3) is 0.533. The molecule has 18 heavy (non-hydrogen) atoms. The lowest BCUT2D eigenvalue weighted by molar-refractivity contribution is -0.120. The van der Waals surface area contributed by atoms with Gasteiger partial charge in [-0.2, -0.15) is 0 Å². The maximum atomic E-state index is 11.9. The van der Waals surface area contributed by atoms with Crippen LogP contribution in [0.3, 0.4) is 0 Å². The predicted molar refractivity (Wildman–Crippen MR) is 79.1 cm³/mol. The first-order valence-corrected chi connectivity index (χ1v) is 7.29. The Morgan fingerprint density at radius 1 is 1.28 bits per heavy atom. The molecule has 3 heteroatoms. The molecule has 0 spiro atoms. The zero-order chi connectivity index (χ0) is 13.7. The Hall–Kier alpha value is -0.960. The fourth-order valence-corrected chi connectivity index (χ4v) is 2.59. The van der Waals surface area contributed by atoms with Gasteiger partial charge in [0.05, 0.1) is 5.25 Å². The molecule has 0 aromatic heterocycles. The quantitative estimate of drug-likeness (QED) is 0.825. The Balaban J connectivity index is 2.58. The summed E-state index contributed by atoms with van der Waals surface area (Å²) in [6.07, 6.45) is 0. The third kappa shape index (κ3) is 4.73. The van der Waals surface area contributed by atoms with Crippen molar-refractivity contribution in [3.05, 3.63) is 29.3 Å². The van der Waals surface area contributed by atoms with Gasteiger partial charge in [-0.05, 0) is 38.3 Å². The number of hydrogen-bond donors (Lipinski definition) is 1. The molecule has 1 amide bonds. The Morgan fingerprint density at radius 3 is 2.50 bits per heavy atom. The first-order valence-electron chi connectivity index (χ1n) is 6.41. The summed E-state index contributed by atoms with van der Waals surface area (Å²) in [7, 11) is 0. The highest BCUT2D eigenvalue weighted by atomic mass is 32.2. The molecule has 0 heterocycles. The van der Waals surface area contributed by atoms with Crippen LogP contribution in [0.5, 0.6) is 0 Å². The summed E-state index contributed by atoms with van der Waals surface area (Å²) in [5.41, 5.74) is 2.50. The van der Waals surface area contributed by atoms with Crippen molar-refractivity contribution in [2.75, 3.05) is 6.54 Å². The normalized spacial score (nSPS) is 12.6. The van der Waals surface area contributed by atoms with Gasteiger partial charge < -0.3 is 5.32 Å². The fourth-order valence-electron chi connectivity index (χ4n) is 1.62. The van der Waals surface area contributed by atoms with Gasteiger partial charge in [-0.1, -0.05) is 31.5 Å². The molecule has 1 atom stereocenters. The topological polar surface area (TPSA) is 29.1 Å². The van der Waals surface area contributed by atoms with Crippen LogP contribution in [0, 0.1) is 19.8 Å². The average molecular weight is 265 g/mol. The average Bonchev–Trinajstić information content (AvgIpc) is 2.29. The first-order chi connectivity index (χ1) is 8.40. The van der Waals surface area contributed by atoms with Crippen LogP contribution < -0.4 is 5.32 Å². The highest BCUT2D eigenvalue weighted by molar-refractivity contribution is 8.00. The van der Waals surface area contributed by atoms with Crippen LogP contribution in [0.25, 0.3) is 0 Å². The number of carbonyl (C=O) groups excluding carboxylic acids is 1. The Morgan fingerprint density at radius 2 is 1.94 bits per heavy atom. The number of aryl methyl sites for hydroxylation is 2. The highest BCUT2D eigenvalue weighted by Gasteiger charge is 2.15. The lowest BCUT2D eigenvalue weighted by atomic mass is 10.2. The third-order valence-electron chi connectivity index (χ3n) is 2.69. The molecule has 0 saturated carbocycles. The van der Waals surface area contributed by atoms with Gasteiger partial charge in [-0.3, -0.25) is 4.79 Å². The van der Waals surface area contributed by atoms with E-state index in [9.17, 15) is 4.79 Å². The minimum atomic E-state index is -0.0508. The van der Waals surface area contributed by atoms with E-state index < -0.39 is 0 Å². The first kappa shape index (κ1) is 15.1. The van der Waals surface area contributed by atoms with Crippen molar-refractivity contribution in [2.24, 2.45) is 5.92 Å². The van der Waals surface area contributed by atoms with Crippen molar-refractivity contribution in [3.8, 4) is 0 Å². The number of rotatable bonds is 5. The molecule has 1 unspecified atom stereocenters. The summed E-state index contributed by atoms with van der Waals surface area (Å²) in [5, 5.41) is 2.92. The number of hydrogen-bond acceptors (Lipinski definition) is 2. The Bertz CT molecular complexity index is 415. The second-order valence-electron chi connectivity index (χ2n) is 5.17. The van der Waals surface area contributed by atoms with Gasteiger partial charge in [0.15, 0.2) is 0 Å². The lowest BCUT2D eigenvalue weighted by Gasteiger charge is -2.14. The second kappa shape index (κ2) is 6.83. The molecule has 1 aromatic rings. The maximum Gasteiger partial charge on any atom is 0.233 e. The molecule has 0 radical (unpaired) electrons. The van der Waals surface area contributed by atoms with Crippen LogP contribution in [-0.2, 0) is 4.79 Å². The van der Waals surface area contributed by atoms with E-state index in [0.717, 1.165) is 6.54 Å². The van der Waals surface area contributed by atoms with Crippen molar-refractivity contribution in [3.63, 3.8) is 0 Å². The van der Waals surface area contributed by atoms with E-state index in [4.69, 9.17) is 0 Å². The number of amides is 1. The van der Waals surface area contributed by atoms with Crippen molar-refractivity contribution in [1.29, 1.82) is 0 Å². The SMILES string of the molecule is Cc1ccc(SC(C)C(=O)NCC(C)C)c(C)c1. The summed E-state index contributed by atoms with van der Waals surface area (Å²) in [4.78, 5) is 13.1. The second-order valence-corrected chi connectivity index (χ2v) is 6.55. The van der Waals surface area contributed by atoms with Crippen LogP contribution in [0.4, 0.5) is 0 Å². The van der Waals surface area contributed by atoms with Gasteiger partial charge in [-0.15, -0.1) is 11.8 Å². The maximum absolute atomic E-state index is 11.9. The molecule has 0 saturated heterocycles. The predicted octanol–water partition coefficient (Wildman–Crippen LogP) is 3.56. The molecular weight excluding hydrogens is 242 g/mol. The number of nitrogens with one attached hydrogen (secondary N) is 1. The van der Waals surface area contributed by atoms with Crippen LogP contribution in [0.1, 0.15) is 31.9 Å². The van der Waals surface area contributed by atoms with Crippen molar-refractivity contribution < 1.29 is 4.79 Å². The van der Waals surface area contributed by atoms with Crippen LogP contribution in [0.15, 0.2) is 23.1 Å². The number of carbonyl (C=O) groups is 1. The van der Waals surface area contributed by atoms with E-state index in [1.807, 2.05) is 6.92 Å². The molecule has 2 nitrogen and oxygen atoms in total. The monoisotopic (exact) mass is 265 g/mol. The van der Waals surface area contributed by atoms with E-state index in [1.54, 1.807) is 11.8 Å². The standard InChI is InChI=1S/C15H23NOS/c1-10(2)9-16-15(17)13(5)18-14-7-6-11(3)8-12(14)4/h6-8,10,13H,9H2,1-5H3,(H,16,17). The lowest BCUT2D eigenvalue weighted by Crippen LogP contribution is -2.33. The summed E-state index contributed by atoms with van der Waals surface area (Å²) >= 11 is 1.63. The molecule has 1 rings (SSSR count). The summed E-state index contributed by atoms with van der Waals surface area (Å²) in [5.74, 6) is 0.612. The Kier molecular flexibility index (Phi) is 5.73. The minimum Gasteiger partial charge on any atom is -0.355 e. The van der Waals surface area contributed by atoms with Gasteiger partial charge in [0.2, 0.25) is 5.91 Å². The molecule has 0 aliphatic carbocycles. The summed E-state index contributed by atoms with van der Waals surface area (Å²) in [6.45, 7) is 11.1. The van der Waals surface area contributed by atoms with E-state index in [1.165, 1.54) is 16.0 Å². The van der Waals surface area contributed by atoms with E-state index in [-0.39, 0.29) is 11.2 Å². The number of benzene rings is 1. The molecule has 1 aromatic carbocycles. The smallest absolute Gasteiger partial charge is 0.233 e. The molecule has 100 valence electrons.